The third-order valence-electron chi connectivity index (χ3n) is 8.55. The van der Waals surface area contributed by atoms with Crippen molar-refractivity contribution in [1.82, 2.24) is 0 Å². The number of benzene rings is 3. The minimum atomic E-state index is -1.36. The minimum absolute atomic E-state index is 0.124. The highest BCUT2D eigenvalue weighted by Gasteiger charge is 2.71. The number of hydrogen-bond donors (Lipinski definition) is 1. The number of carbonyl (C=O) groups excluding carboxylic acids is 3. The number of anilines is 2. The Bertz CT molecular complexity index is 1580. The number of para-hydroxylation sites is 1. The van der Waals surface area contributed by atoms with Crippen molar-refractivity contribution in [2.24, 2.45) is 11.3 Å². The van der Waals surface area contributed by atoms with Gasteiger partial charge in [0.15, 0.2) is 11.6 Å². The highest BCUT2D eigenvalue weighted by atomic mass is 19.1. The Kier molecular flexibility index (Phi) is 5.48. The van der Waals surface area contributed by atoms with Crippen LogP contribution in [0.1, 0.15) is 54.7 Å². The number of Topliss-reactive ketones (excluding diaryl/α,β-unsaturated/α-hetero) is 2. The average molecular weight is 523 g/mol. The van der Waals surface area contributed by atoms with E-state index >= 15 is 0 Å². The zero-order chi connectivity index (χ0) is 27.9. The quantitative estimate of drug-likeness (QED) is 0.422. The van der Waals surface area contributed by atoms with E-state index in [4.69, 9.17) is 0 Å². The van der Waals surface area contributed by atoms with E-state index in [2.05, 4.69) is 11.4 Å². The van der Waals surface area contributed by atoms with E-state index < -0.39 is 34.6 Å². The lowest BCUT2D eigenvalue weighted by molar-refractivity contribution is -0.128. The Morgan fingerprint density at radius 3 is 2.36 bits per heavy atom. The SMILES string of the molecule is CC1=CC2N(c3ccc(C)cc31)C(C(=O)C(C)(C)C)C(C(=O)c1ccc(F)cc1)C21C(=O)Nc2ccccc21. The van der Waals surface area contributed by atoms with Gasteiger partial charge in [-0.15, -0.1) is 0 Å². The first kappa shape index (κ1) is 25.2. The average Bonchev–Trinajstić information content (AvgIpc) is 3.35. The molecule has 0 saturated carbocycles. The van der Waals surface area contributed by atoms with Crippen molar-refractivity contribution in [3.63, 3.8) is 0 Å². The van der Waals surface area contributed by atoms with Crippen LogP contribution in [-0.4, -0.2) is 29.6 Å². The monoisotopic (exact) mass is 522 g/mol. The van der Waals surface area contributed by atoms with Gasteiger partial charge in [-0.2, -0.15) is 0 Å². The number of nitrogens with one attached hydrogen (secondary N) is 1. The molecule has 1 spiro atoms. The Morgan fingerprint density at radius 2 is 1.67 bits per heavy atom. The number of ketones is 2. The molecule has 0 aromatic heterocycles. The van der Waals surface area contributed by atoms with Crippen molar-refractivity contribution < 1.29 is 18.8 Å². The maximum Gasteiger partial charge on any atom is 0.238 e. The van der Waals surface area contributed by atoms with Crippen LogP contribution < -0.4 is 10.2 Å². The number of fused-ring (bicyclic) bond motifs is 6. The van der Waals surface area contributed by atoms with Gasteiger partial charge < -0.3 is 10.2 Å². The molecule has 198 valence electrons. The number of rotatable bonds is 3. The predicted octanol–water partition coefficient (Wildman–Crippen LogP) is 6.11. The molecule has 0 radical (unpaired) electrons. The second-order valence-corrected chi connectivity index (χ2v) is 12.0. The second kappa shape index (κ2) is 8.47. The van der Waals surface area contributed by atoms with E-state index in [9.17, 15) is 18.8 Å². The number of hydrogen-bond acceptors (Lipinski definition) is 4. The topological polar surface area (TPSA) is 66.5 Å². The van der Waals surface area contributed by atoms with Gasteiger partial charge in [-0.25, -0.2) is 4.39 Å². The molecule has 3 aliphatic heterocycles. The van der Waals surface area contributed by atoms with Crippen molar-refractivity contribution in [1.29, 1.82) is 0 Å². The van der Waals surface area contributed by atoms with E-state index in [-0.39, 0.29) is 23.0 Å². The second-order valence-electron chi connectivity index (χ2n) is 12.0. The molecule has 1 saturated heterocycles. The fourth-order valence-electron chi connectivity index (χ4n) is 6.78. The lowest BCUT2D eigenvalue weighted by Crippen LogP contribution is -2.51. The van der Waals surface area contributed by atoms with Crippen LogP contribution in [-0.2, 0) is 15.0 Å². The van der Waals surface area contributed by atoms with Gasteiger partial charge in [0.05, 0.1) is 12.0 Å². The molecule has 6 heteroatoms. The number of amides is 1. The molecule has 3 heterocycles. The summed E-state index contributed by atoms with van der Waals surface area (Å²) in [5.41, 5.74) is 3.34. The first-order valence-corrected chi connectivity index (χ1v) is 13.3. The van der Waals surface area contributed by atoms with Gasteiger partial charge in [0.1, 0.15) is 17.3 Å². The fraction of sp³-hybridized carbons (Fsp3) is 0.303. The van der Waals surface area contributed by atoms with E-state index in [0.717, 1.165) is 22.4 Å². The van der Waals surface area contributed by atoms with Crippen LogP contribution in [0.2, 0.25) is 0 Å². The number of halogens is 1. The van der Waals surface area contributed by atoms with E-state index in [1.54, 1.807) is 0 Å². The van der Waals surface area contributed by atoms with Gasteiger partial charge >= 0.3 is 0 Å². The molecule has 39 heavy (non-hydrogen) atoms. The smallest absolute Gasteiger partial charge is 0.238 e. The highest BCUT2D eigenvalue weighted by Crippen LogP contribution is 2.59. The van der Waals surface area contributed by atoms with Crippen LogP contribution in [0, 0.1) is 24.1 Å². The third-order valence-corrected chi connectivity index (χ3v) is 8.55. The molecule has 6 rings (SSSR count). The minimum Gasteiger partial charge on any atom is -0.352 e. The summed E-state index contributed by atoms with van der Waals surface area (Å²) < 4.78 is 13.9. The maximum atomic E-state index is 14.6. The number of nitrogens with zero attached hydrogens (tertiary/aromatic N) is 1. The Balaban J connectivity index is 1.70. The molecule has 3 aromatic carbocycles. The van der Waals surface area contributed by atoms with E-state index in [1.807, 2.05) is 82.0 Å². The van der Waals surface area contributed by atoms with Gasteiger partial charge in [-0.1, -0.05) is 56.7 Å². The molecule has 4 atom stereocenters. The van der Waals surface area contributed by atoms with Crippen LogP contribution in [0.25, 0.3) is 5.57 Å². The summed E-state index contributed by atoms with van der Waals surface area (Å²) in [7, 11) is 0. The summed E-state index contributed by atoms with van der Waals surface area (Å²) in [5.74, 6) is -2.28. The molecule has 3 aliphatic rings. The molecule has 1 amide bonds. The maximum absolute atomic E-state index is 14.6. The lowest BCUT2D eigenvalue weighted by atomic mass is 9.63. The van der Waals surface area contributed by atoms with Gasteiger partial charge in [0.2, 0.25) is 5.91 Å². The van der Waals surface area contributed by atoms with Crippen LogP contribution in [0.3, 0.4) is 0 Å². The first-order valence-electron chi connectivity index (χ1n) is 13.3. The zero-order valence-corrected chi connectivity index (χ0v) is 22.7. The third kappa shape index (κ3) is 3.47. The predicted molar refractivity (Wildman–Crippen MR) is 150 cm³/mol. The Morgan fingerprint density at radius 1 is 0.974 bits per heavy atom. The summed E-state index contributed by atoms with van der Waals surface area (Å²) in [6, 6.07) is 17.4. The molecular formula is C33H31FN2O3. The molecule has 5 nitrogen and oxygen atoms in total. The van der Waals surface area contributed by atoms with Crippen LogP contribution in [0.4, 0.5) is 15.8 Å². The molecule has 3 aromatic rings. The fourth-order valence-corrected chi connectivity index (χ4v) is 6.78. The molecule has 1 N–H and O–H groups in total. The van der Waals surface area contributed by atoms with Crippen LogP contribution in [0.15, 0.2) is 72.8 Å². The van der Waals surface area contributed by atoms with E-state index in [1.165, 1.54) is 24.3 Å². The van der Waals surface area contributed by atoms with Crippen molar-refractivity contribution in [2.75, 3.05) is 10.2 Å². The van der Waals surface area contributed by atoms with Gasteiger partial charge in [0, 0.05) is 27.9 Å². The van der Waals surface area contributed by atoms with Gasteiger partial charge in [-0.05, 0) is 67.4 Å². The van der Waals surface area contributed by atoms with Crippen LogP contribution in [0.5, 0.6) is 0 Å². The number of aryl methyl sites for hydroxylation is 1. The van der Waals surface area contributed by atoms with Gasteiger partial charge in [-0.3, -0.25) is 14.4 Å². The zero-order valence-electron chi connectivity index (χ0n) is 22.7. The molecule has 0 aliphatic carbocycles. The Hall–Kier alpha value is -4.06. The van der Waals surface area contributed by atoms with Crippen molar-refractivity contribution in [2.45, 2.75) is 52.1 Å². The highest BCUT2D eigenvalue weighted by molar-refractivity contribution is 6.17. The normalized spacial score (nSPS) is 25.1. The molecular weight excluding hydrogens is 491 g/mol. The first-order chi connectivity index (χ1) is 18.5. The summed E-state index contributed by atoms with van der Waals surface area (Å²) in [6.45, 7) is 9.57. The lowest BCUT2D eigenvalue weighted by Gasteiger charge is -2.40. The van der Waals surface area contributed by atoms with Crippen LogP contribution >= 0.6 is 0 Å². The van der Waals surface area contributed by atoms with E-state index in [0.29, 0.717) is 11.3 Å². The molecule has 0 bridgehead atoms. The summed E-state index contributed by atoms with van der Waals surface area (Å²) in [4.78, 5) is 45.4. The van der Waals surface area contributed by atoms with Crippen molar-refractivity contribution in [3.05, 3.63) is 101 Å². The summed E-state index contributed by atoms with van der Waals surface area (Å²) >= 11 is 0. The summed E-state index contributed by atoms with van der Waals surface area (Å²) in [5, 5.41) is 3.04. The largest absolute Gasteiger partial charge is 0.352 e. The number of allylic oxidation sites excluding steroid dienone is 1. The Labute approximate surface area is 227 Å². The molecule has 1 fully saturated rings. The molecule has 4 unspecified atom stereocenters. The standard InChI is InChI=1S/C33H31FN2O3/c1-18-10-15-25-22(16-18)19(2)17-26-33(23-8-6-7-9-24(23)35-31(33)39)27(28(36(25)26)30(38)32(3,4)5)29(37)20-11-13-21(34)14-12-20/h6-17,26-28H,1-5H3,(H,35,39). The van der Waals surface area contributed by atoms with Crippen molar-refractivity contribution >= 4 is 34.4 Å². The van der Waals surface area contributed by atoms with Crippen molar-refractivity contribution in [3.8, 4) is 0 Å². The summed E-state index contributed by atoms with van der Waals surface area (Å²) in [6.07, 6.45) is 2.05. The number of carbonyl (C=O) groups is 3. The van der Waals surface area contributed by atoms with Gasteiger partial charge in [0.25, 0.3) is 0 Å².